The van der Waals surface area contributed by atoms with Crippen LogP contribution in [0, 0.1) is 14.4 Å². The van der Waals surface area contributed by atoms with Gasteiger partial charge in [0.25, 0.3) is 0 Å². The van der Waals surface area contributed by atoms with E-state index in [4.69, 9.17) is 11.6 Å². The van der Waals surface area contributed by atoms with Crippen LogP contribution in [0.15, 0.2) is 18.2 Å². The van der Waals surface area contributed by atoms with E-state index in [-0.39, 0.29) is 88.3 Å². The summed E-state index contributed by atoms with van der Waals surface area (Å²) in [5.74, 6) is 0.0701. The van der Waals surface area contributed by atoms with Crippen LogP contribution in [-0.2, 0) is 4.79 Å². The fourth-order valence-electron chi connectivity index (χ4n) is 3.25. The van der Waals surface area contributed by atoms with Gasteiger partial charge in [-0.2, -0.15) is 0 Å². The molecule has 0 saturated carbocycles. The van der Waals surface area contributed by atoms with Crippen LogP contribution in [-0.4, -0.2) is 55.0 Å². The summed E-state index contributed by atoms with van der Waals surface area (Å²) in [7, 11) is 1.70. The summed E-state index contributed by atoms with van der Waals surface area (Å²) < 4.78 is 0. The Kier molecular flexibility index (Phi) is 12.9. The molecule has 1 fully saturated rings. The Morgan fingerprint density at radius 1 is 1.20 bits per heavy atom. The minimum atomic E-state index is 0. The van der Waals surface area contributed by atoms with Gasteiger partial charge >= 0.3 is 68.9 Å². The van der Waals surface area contributed by atoms with Crippen molar-refractivity contribution in [3.8, 4) is 0 Å². The Morgan fingerprint density at radius 3 is 2.28 bits per heavy atom. The molecule has 0 radical (unpaired) electrons. The standard InChI is InChI=1S/C18H28ClN3O.CH3.Cs/c1-13(2)21-7-9-22(10-8-21)17(12-18(23)20-4)16-11-15(19)6-5-14(16)3;;/h5-6,11,13,17H,7-10,12H2,1-4H3,(H,20,23);1H3;/q;-1;+1. The first-order chi connectivity index (χ1) is 10.9. The van der Waals surface area contributed by atoms with Crippen molar-refractivity contribution in [3.05, 3.63) is 41.8 Å². The molecule has 1 aliphatic rings. The van der Waals surface area contributed by atoms with Gasteiger partial charge in [-0.3, -0.25) is 14.6 Å². The predicted molar refractivity (Wildman–Crippen MR) is 102 cm³/mol. The van der Waals surface area contributed by atoms with Gasteiger partial charge in [0.05, 0.1) is 0 Å². The number of halogens is 1. The molecular weight excluding hydrogens is 455 g/mol. The largest absolute Gasteiger partial charge is 1.00 e. The fraction of sp³-hybridized carbons (Fsp3) is 0.579. The number of piperazine rings is 1. The van der Waals surface area contributed by atoms with Crippen molar-refractivity contribution in [2.24, 2.45) is 0 Å². The van der Waals surface area contributed by atoms with E-state index >= 15 is 0 Å². The molecule has 1 aromatic rings. The second kappa shape index (κ2) is 12.4. The first-order valence-corrected chi connectivity index (χ1v) is 8.75. The van der Waals surface area contributed by atoms with Crippen molar-refractivity contribution in [1.29, 1.82) is 0 Å². The molecule has 0 bridgehead atoms. The number of rotatable bonds is 5. The first kappa shape index (κ1) is 26.0. The Bertz CT molecular complexity index is 545. The van der Waals surface area contributed by atoms with E-state index < -0.39 is 0 Å². The van der Waals surface area contributed by atoms with Gasteiger partial charge in [-0.05, 0) is 44.0 Å². The van der Waals surface area contributed by atoms with Gasteiger partial charge in [0, 0.05) is 56.8 Å². The molecule has 0 aromatic heterocycles. The fourth-order valence-corrected chi connectivity index (χ4v) is 3.43. The number of benzene rings is 1. The molecule has 25 heavy (non-hydrogen) atoms. The van der Waals surface area contributed by atoms with Crippen molar-refractivity contribution in [1.82, 2.24) is 15.1 Å². The van der Waals surface area contributed by atoms with Crippen molar-refractivity contribution >= 4 is 17.5 Å². The summed E-state index contributed by atoms with van der Waals surface area (Å²) in [5, 5.41) is 3.49. The minimum absolute atomic E-state index is 0. The first-order valence-electron chi connectivity index (χ1n) is 8.37. The molecule has 6 heteroatoms. The Labute approximate surface area is 217 Å². The predicted octanol–water partition coefficient (Wildman–Crippen LogP) is 0.306. The molecule has 1 atom stereocenters. The van der Waals surface area contributed by atoms with E-state index in [1.165, 1.54) is 11.1 Å². The van der Waals surface area contributed by atoms with Crippen LogP contribution in [0.2, 0.25) is 5.02 Å². The normalized spacial score (nSPS) is 16.7. The van der Waals surface area contributed by atoms with Gasteiger partial charge in [-0.15, -0.1) is 0 Å². The third kappa shape index (κ3) is 7.47. The molecule has 0 aliphatic carbocycles. The monoisotopic (exact) mass is 485 g/mol. The van der Waals surface area contributed by atoms with E-state index in [1.54, 1.807) is 7.05 Å². The number of amides is 1. The Morgan fingerprint density at radius 2 is 1.76 bits per heavy atom. The van der Waals surface area contributed by atoms with E-state index in [2.05, 4.69) is 35.9 Å². The molecule has 0 spiro atoms. The molecule has 1 heterocycles. The molecule has 1 saturated heterocycles. The Balaban J connectivity index is 0.00000288. The maximum atomic E-state index is 12.0. The zero-order valence-corrected chi connectivity index (χ0v) is 23.6. The zero-order chi connectivity index (χ0) is 17.0. The minimum Gasteiger partial charge on any atom is -0.359 e. The van der Waals surface area contributed by atoms with Crippen LogP contribution < -0.4 is 74.2 Å². The maximum absolute atomic E-state index is 12.0. The molecule has 1 aliphatic heterocycles. The number of hydrogen-bond acceptors (Lipinski definition) is 3. The summed E-state index contributed by atoms with van der Waals surface area (Å²) in [6, 6.07) is 6.62. The maximum Gasteiger partial charge on any atom is 1.00 e. The average Bonchev–Trinajstić information content (AvgIpc) is 2.55. The number of hydrogen-bond donors (Lipinski definition) is 1. The summed E-state index contributed by atoms with van der Waals surface area (Å²) in [4.78, 5) is 16.9. The van der Waals surface area contributed by atoms with Crippen LogP contribution in [0.3, 0.4) is 0 Å². The van der Waals surface area contributed by atoms with Crippen molar-refractivity contribution in [2.75, 3.05) is 33.2 Å². The third-order valence-corrected chi connectivity index (χ3v) is 5.01. The molecule has 1 unspecified atom stereocenters. The SMILES string of the molecule is CNC(=O)CC(c1cc(Cl)ccc1C)N1CCN(C(C)C)CC1.[CH3-].[Cs+]. The quantitative estimate of drug-likeness (QED) is 0.610. The molecule has 1 aromatic carbocycles. The molecule has 4 nitrogen and oxygen atoms in total. The van der Waals surface area contributed by atoms with Gasteiger partial charge < -0.3 is 12.7 Å². The van der Waals surface area contributed by atoms with Crippen LogP contribution >= 0.6 is 11.6 Å². The summed E-state index contributed by atoms with van der Waals surface area (Å²) in [6.07, 6.45) is 0.472. The Hall–Kier alpha value is 0.952. The molecule has 136 valence electrons. The molecule has 2 rings (SSSR count). The van der Waals surface area contributed by atoms with Gasteiger partial charge in [-0.1, -0.05) is 17.7 Å². The van der Waals surface area contributed by atoms with Gasteiger partial charge in [0.2, 0.25) is 5.91 Å². The number of nitrogens with one attached hydrogen (secondary N) is 1. The van der Waals surface area contributed by atoms with E-state index in [0.717, 1.165) is 31.2 Å². The summed E-state index contributed by atoms with van der Waals surface area (Å²) in [5.41, 5.74) is 2.36. The van der Waals surface area contributed by atoms with Crippen LogP contribution in [0.25, 0.3) is 0 Å². The zero-order valence-electron chi connectivity index (χ0n) is 16.6. The van der Waals surface area contributed by atoms with Crippen LogP contribution in [0.5, 0.6) is 0 Å². The second-order valence-electron chi connectivity index (χ2n) is 6.56. The third-order valence-electron chi connectivity index (χ3n) is 4.78. The molecule has 1 N–H and O–H groups in total. The van der Waals surface area contributed by atoms with Crippen LogP contribution in [0.1, 0.15) is 37.4 Å². The van der Waals surface area contributed by atoms with Crippen molar-refractivity contribution in [2.45, 2.75) is 39.3 Å². The number of aryl methyl sites for hydroxylation is 1. The molecule has 1 amide bonds. The topological polar surface area (TPSA) is 35.6 Å². The number of carbonyl (C=O) groups excluding carboxylic acids is 1. The van der Waals surface area contributed by atoms with Crippen LogP contribution in [0.4, 0.5) is 0 Å². The second-order valence-corrected chi connectivity index (χ2v) is 7.00. The van der Waals surface area contributed by atoms with E-state index in [1.807, 2.05) is 18.2 Å². The average molecular weight is 486 g/mol. The smallest absolute Gasteiger partial charge is 0.359 e. The van der Waals surface area contributed by atoms with Gasteiger partial charge in [0.1, 0.15) is 0 Å². The van der Waals surface area contributed by atoms with E-state index in [9.17, 15) is 4.79 Å². The van der Waals surface area contributed by atoms with Gasteiger partial charge in [-0.25, -0.2) is 0 Å². The van der Waals surface area contributed by atoms with Crippen molar-refractivity contribution in [3.63, 3.8) is 0 Å². The summed E-state index contributed by atoms with van der Waals surface area (Å²) in [6.45, 7) is 10.6. The summed E-state index contributed by atoms with van der Waals surface area (Å²) >= 11 is 6.21. The number of nitrogens with zero attached hydrogens (tertiary/aromatic N) is 2. The van der Waals surface area contributed by atoms with Crippen molar-refractivity contribution < 1.29 is 73.7 Å². The van der Waals surface area contributed by atoms with E-state index in [0.29, 0.717) is 12.5 Å². The number of carbonyl (C=O) groups is 1. The molecular formula is C19H31ClCsN3O. The van der Waals surface area contributed by atoms with Gasteiger partial charge in [0.15, 0.2) is 0 Å².